The molecule has 3 aromatic rings. The van der Waals surface area contributed by atoms with Crippen LogP contribution in [0.4, 0.5) is 0 Å². The molecular weight excluding hydrogens is 278 g/mol. The normalized spacial score (nSPS) is 11.0. The van der Waals surface area contributed by atoms with Crippen LogP contribution < -0.4 is 4.74 Å². The summed E-state index contributed by atoms with van der Waals surface area (Å²) in [5.41, 5.74) is 2.78. The summed E-state index contributed by atoms with van der Waals surface area (Å²) in [7, 11) is 0. The van der Waals surface area contributed by atoms with Crippen LogP contribution in [0.5, 0.6) is 5.75 Å². The molecule has 0 atom stereocenters. The molecule has 1 N–H and O–H groups in total. The molecule has 0 spiro atoms. The van der Waals surface area contributed by atoms with Crippen molar-refractivity contribution in [2.24, 2.45) is 0 Å². The first-order chi connectivity index (χ1) is 10.8. The molecule has 0 fully saturated rings. The van der Waals surface area contributed by atoms with E-state index >= 15 is 0 Å². The van der Waals surface area contributed by atoms with Gasteiger partial charge in [-0.25, -0.2) is 9.97 Å². The predicted molar refractivity (Wildman–Crippen MR) is 84.7 cm³/mol. The Kier molecular flexibility index (Phi) is 4.34. The number of imidazole rings is 1. The molecule has 5 heteroatoms. The molecule has 0 saturated heterocycles. The van der Waals surface area contributed by atoms with E-state index in [0.717, 1.165) is 28.3 Å². The number of hydrogen-bond donors (Lipinski definition) is 1. The van der Waals surface area contributed by atoms with E-state index in [9.17, 15) is 0 Å². The molecule has 0 amide bonds. The van der Waals surface area contributed by atoms with Crippen LogP contribution in [0.3, 0.4) is 0 Å². The highest BCUT2D eigenvalue weighted by atomic mass is 16.5. The van der Waals surface area contributed by atoms with Crippen LogP contribution >= 0.6 is 0 Å². The van der Waals surface area contributed by atoms with Gasteiger partial charge < -0.3 is 14.4 Å². The number of rotatable bonds is 6. The van der Waals surface area contributed by atoms with Crippen molar-refractivity contribution in [2.75, 3.05) is 6.61 Å². The van der Waals surface area contributed by atoms with E-state index in [1.807, 2.05) is 54.1 Å². The van der Waals surface area contributed by atoms with E-state index in [4.69, 9.17) is 9.84 Å². The Morgan fingerprint density at radius 2 is 2.05 bits per heavy atom. The van der Waals surface area contributed by atoms with Gasteiger partial charge in [-0.2, -0.15) is 0 Å². The highest BCUT2D eigenvalue weighted by Crippen LogP contribution is 2.18. The zero-order valence-corrected chi connectivity index (χ0v) is 12.6. The van der Waals surface area contributed by atoms with Crippen molar-refractivity contribution in [1.29, 1.82) is 0 Å². The van der Waals surface area contributed by atoms with E-state index in [0.29, 0.717) is 19.6 Å². The minimum absolute atomic E-state index is 0.143. The summed E-state index contributed by atoms with van der Waals surface area (Å²) in [6, 6.07) is 11.7. The third kappa shape index (κ3) is 3.09. The highest BCUT2D eigenvalue weighted by molar-refractivity contribution is 5.72. The van der Waals surface area contributed by atoms with E-state index in [2.05, 4.69) is 9.97 Å². The Morgan fingerprint density at radius 3 is 2.82 bits per heavy atom. The molecule has 0 aliphatic carbocycles. The molecule has 0 aliphatic rings. The molecule has 2 aromatic heterocycles. The average Bonchev–Trinajstić information content (AvgIpc) is 2.88. The highest BCUT2D eigenvalue weighted by Gasteiger charge is 2.12. The molecule has 22 heavy (non-hydrogen) atoms. The number of aryl methyl sites for hydroxylation is 2. The molecule has 2 heterocycles. The van der Waals surface area contributed by atoms with Crippen LogP contribution in [0.2, 0.25) is 0 Å². The van der Waals surface area contributed by atoms with Crippen molar-refractivity contribution in [3.63, 3.8) is 0 Å². The van der Waals surface area contributed by atoms with Crippen molar-refractivity contribution in [3.05, 3.63) is 54.0 Å². The second-order valence-corrected chi connectivity index (χ2v) is 5.21. The van der Waals surface area contributed by atoms with Gasteiger partial charge in [-0.15, -0.1) is 0 Å². The lowest BCUT2D eigenvalue weighted by molar-refractivity contribution is 0.269. The number of aromatic nitrogens is 3. The van der Waals surface area contributed by atoms with Crippen LogP contribution in [-0.4, -0.2) is 26.2 Å². The van der Waals surface area contributed by atoms with Gasteiger partial charge in [0.15, 0.2) is 5.65 Å². The fraction of sp³-hybridized carbons (Fsp3) is 0.294. The summed E-state index contributed by atoms with van der Waals surface area (Å²) in [5.74, 6) is 1.64. The van der Waals surface area contributed by atoms with Crippen molar-refractivity contribution in [3.8, 4) is 5.75 Å². The number of hydrogen-bond acceptors (Lipinski definition) is 4. The maximum absolute atomic E-state index is 9.09. The van der Waals surface area contributed by atoms with Crippen molar-refractivity contribution < 1.29 is 9.84 Å². The van der Waals surface area contributed by atoms with E-state index in [-0.39, 0.29) is 6.61 Å². The van der Waals surface area contributed by atoms with Crippen LogP contribution in [0.25, 0.3) is 11.2 Å². The topological polar surface area (TPSA) is 60.2 Å². The van der Waals surface area contributed by atoms with Gasteiger partial charge in [-0.05, 0) is 37.1 Å². The molecule has 0 unspecified atom stereocenters. The van der Waals surface area contributed by atoms with Crippen molar-refractivity contribution in [1.82, 2.24) is 14.5 Å². The first-order valence-electron chi connectivity index (χ1n) is 7.38. The predicted octanol–water partition coefficient (Wildman–Crippen LogP) is 2.70. The third-order valence-electron chi connectivity index (χ3n) is 3.45. The summed E-state index contributed by atoms with van der Waals surface area (Å²) in [6.07, 6.45) is 2.50. The van der Waals surface area contributed by atoms with Gasteiger partial charge in [0.05, 0.1) is 0 Å². The quantitative estimate of drug-likeness (QED) is 0.760. The van der Waals surface area contributed by atoms with Crippen molar-refractivity contribution in [2.45, 2.75) is 26.5 Å². The molecule has 0 aliphatic heterocycles. The molecular formula is C17H19N3O2. The fourth-order valence-corrected chi connectivity index (χ4v) is 2.40. The zero-order chi connectivity index (χ0) is 15.4. The molecule has 0 bridgehead atoms. The van der Waals surface area contributed by atoms with E-state index in [1.54, 1.807) is 0 Å². The van der Waals surface area contributed by atoms with Crippen LogP contribution in [-0.2, 0) is 13.2 Å². The summed E-state index contributed by atoms with van der Waals surface area (Å²) < 4.78 is 7.82. The Balaban J connectivity index is 1.89. The lowest BCUT2D eigenvalue weighted by atomic mass is 10.3. The van der Waals surface area contributed by atoms with Crippen LogP contribution in [0, 0.1) is 6.92 Å². The SMILES string of the molecule is Cc1cnc2c(c1)nc(COc1ccccc1)n2CCCO. The number of pyridine rings is 1. The number of aliphatic hydroxyl groups excluding tert-OH is 1. The number of aliphatic hydroxyl groups is 1. The van der Waals surface area contributed by atoms with Gasteiger partial charge in [0.1, 0.15) is 23.7 Å². The number of benzene rings is 1. The molecule has 5 nitrogen and oxygen atoms in total. The van der Waals surface area contributed by atoms with Gasteiger partial charge in [-0.1, -0.05) is 18.2 Å². The van der Waals surface area contributed by atoms with Crippen LogP contribution in [0.15, 0.2) is 42.6 Å². The Hall–Kier alpha value is -2.40. The molecule has 1 aromatic carbocycles. The standard InChI is InChI=1S/C17H19N3O2/c1-13-10-15-17(18-11-13)20(8-5-9-21)16(19-15)12-22-14-6-3-2-4-7-14/h2-4,6-7,10-11,21H,5,8-9,12H2,1H3. The first-order valence-corrected chi connectivity index (χ1v) is 7.38. The summed E-state index contributed by atoms with van der Waals surface area (Å²) >= 11 is 0. The average molecular weight is 297 g/mol. The molecule has 3 rings (SSSR count). The Labute approximate surface area is 129 Å². The number of para-hydroxylation sites is 1. The lowest BCUT2D eigenvalue weighted by Crippen LogP contribution is -2.09. The third-order valence-corrected chi connectivity index (χ3v) is 3.45. The smallest absolute Gasteiger partial charge is 0.160 e. The maximum atomic E-state index is 9.09. The second kappa shape index (κ2) is 6.58. The zero-order valence-electron chi connectivity index (χ0n) is 12.6. The molecule has 0 radical (unpaired) electrons. The summed E-state index contributed by atoms with van der Waals surface area (Å²) in [6.45, 7) is 3.20. The second-order valence-electron chi connectivity index (χ2n) is 5.21. The van der Waals surface area contributed by atoms with Gasteiger partial charge in [0, 0.05) is 19.3 Å². The van der Waals surface area contributed by atoms with E-state index in [1.165, 1.54) is 0 Å². The van der Waals surface area contributed by atoms with Crippen LogP contribution in [0.1, 0.15) is 17.8 Å². The Morgan fingerprint density at radius 1 is 1.23 bits per heavy atom. The van der Waals surface area contributed by atoms with Crippen molar-refractivity contribution >= 4 is 11.2 Å². The van der Waals surface area contributed by atoms with Gasteiger partial charge in [0.2, 0.25) is 0 Å². The minimum atomic E-state index is 0.143. The number of ether oxygens (including phenoxy) is 1. The summed E-state index contributed by atoms with van der Waals surface area (Å²) in [5, 5.41) is 9.09. The van der Waals surface area contributed by atoms with Gasteiger partial charge >= 0.3 is 0 Å². The summed E-state index contributed by atoms with van der Waals surface area (Å²) in [4.78, 5) is 9.11. The van der Waals surface area contributed by atoms with Gasteiger partial charge in [0.25, 0.3) is 0 Å². The fourth-order valence-electron chi connectivity index (χ4n) is 2.40. The molecule has 114 valence electrons. The van der Waals surface area contributed by atoms with E-state index < -0.39 is 0 Å². The van der Waals surface area contributed by atoms with Gasteiger partial charge in [-0.3, -0.25) is 0 Å². The number of fused-ring (bicyclic) bond motifs is 1. The molecule has 0 saturated carbocycles. The largest absolute Gasteiger partial charge is 0.486 e. The first kappa shape index (κ1) is 14.5. The lowest BCUT2D eigenvalue weighted by Gasteiger charge is -2.09. The Bertz CT molecular complexity index is 753. The minimum Gasteiger partial charge on any atom is -0.486 e. The monoisotopic (exact) mass is 297 g/mol. The maximum Gasteiger partial charge on any atom is 0.160 e. The number of nitrogens with zero attached hydrogens (tertiary/aromatic N) is 3.